The van der Waals surface area contributed by atoms with Crippen LogP contribution in [-0.4, -0.2) is 153 Å². The summed E-state index contributed by atoms with van der Waals surface area (Å²) in [6.07, 6.45) is 34.2. The molecule has 14 saturated carbocycles. The Morgan fingerprint density at radius 2 is 0.847 bits per heavy atom. The maximum Gasteiger partial charge on any atom is 0.348 e. The molecule has 0 aromatic rings. The fourth-order valence-corrected chi connectivity index (χ4v) is 26.2. The van der Waals surface area contributed by atoms with E-state index in [0.29, 0.717) is 81.0 Å². The van der Waals surface area contributed by atoms with E-state index in [0.717, 1.165) is 143 Å². The monoisotopic (exact) mass is 2030 g/mol. The van der Waals surface area contributed by atoms with Gasteiger partial charge in [0.05, 0.1) is 56.9 Å². The maximum atomic E-state index is 12.5. The Hall–Kier alpha value is -6.73. The summed E-state index contributed by atoms with van der Waals surface area (Å²) in [6.45, 7) is 61.9. The molecule has 0 spiro atoms. The molecule has 26 heteroatoms. The lowest BCUT2D eigenvalue weighted by Crippen LogP contribution is -2.58. The number of ether oxygens (including phenoxy) is 12. The van der Waals surface area contributed by atoms with Crippen LogP contribution in [-0.2, 0) is 119 Å². The smallest absolute Gasteiger partial charge is 0.348 e. The Kier molecular flexibility index (Phi) is 40.1. The lowest BCUT2D eigenvalue weighted by atomic mass is 9.46. The molecule has 19 rings (SSSR count). The predicted octanol–water partition coefficient (Wildman–Crippen LogP) is 24.1. The van der Waals surface area contributed by atoms with Gasteiger partial charge in [0.25, 0.3) is 0 Å². The van der Waals surface area contributed by atoms with Crippen LogP contribution in [0.4, 0.5) is 0 Å². The molecule has 0 aromatic carbocycles. The minimum atomic E-state index is -0.745. The van der Waals surface area contributed by atoms with Gasteiger partial charge in [-0.3, -0.25) is 47.9 Å². The van der Waals surface area contributed by atoms with Crippen molar-refractivity contribution in [3.63, 3.8) is 0 Å². The zero-order chi connectivity index (χ0) is 108. The van der Waals surface area contributed by atoms with Crippen molar-refractivity contribution in [3.8, 4) is 0 Å². The molecule has 19 aliphatic rings. The molecule has 26 nitrogen and oxygen atoms in total. The van der Waals surface area contributed by atoms with Crippen LogP contribution in [0.5, 0.6) is 0 Å². The summed E-state index contributed by atoms with van der Waals surface area (Å²) in [7, 11) is 0. The number of carbonyl (C=O) groups is 13. The third kappa shape index (κ3) is 30.0. The van der Waals surface area contributed by atoms with Crippen LogP contribution in [0.15, 0.2) is 0 Å². The van der Waals surface area contributed by atoms with E-state index >= 15 is 0 Å². The van der Waals surface area contributed by atoms with Gasteiger partial charge in [-0.15, -0.1) is 0 Å². The van der Waals surface area contributed by atoms with Gasteiger partial charge < -0.3 is 61.9 Å². The predicted molar refractivity (Wildman–Crippen MR) is 548 cm³/mol. The zero-order valence-corrected chi connectivity index (χ0v) is 95.1. The maximum absolute atomic E-state index is 12.5. The number of esters is 13. The highest BCUT2D eigenvalue weighted by atomic mass is 16.6. The van der Waals surface area contributed by atoms with Crippen molar-refractivity contribution in [2.24, 2.45) is 145 Å². The minimum Gasteiger partial charge on any atom is -0.459 e. The highest BCUT2D eigenvalue weighted by molar-refractivity contribution is 5.96. The summed E-state index contributed by atoms with van der Waals surface area (Å²) < 4.78 is 65.2. The van der Waals surface area contributed by atoms with Gasteiger partial charge in [-0.1, -0.05) is 83.1 Å². The van der Waals surface area contributed by atoms with E-state index in [9.17, 15) is 67.4 Å². The highest BCUT2D eigenvalue weighted by Gasteiger charge is 2.62. The van der Waals surface area contributed by atoms with E-state index in [1.54, 1.807) is 27.7 Å². The van der Waals surface area contributed by atoms with Gasteiger partial charge in [0.1, 0.15) is 45.3 Å². The van der Waals surface area contributed by atoms with Gasteiger partial charge in [-0.2, -0.15) is 0 Å². The summed E-state index contributed by atoms with van der Waals surface area (Å²) in [6, 6.07) is 0. The topological polar surface area (TPSA) is 353 Å². The zero-order valence-electron chi connectivity index (χ0n) is 95.1. The van der Waals surface area contributed by atoms with E-state index < -0.39 is 86.8 Å². The molecule has 0 radical (unpaired) electrons. The summed E-state index contributed by atoms with van der Waals surface area (Å²) >= 11 is 0. The lowest BCUT2D eigenvalue weighted by molar-refractivity contribution is -0.211. The first-order chi connectivity index (χ1) is 66.5. The van der Waals surface area contributed by atoms with Crippen molar-refractivity contribution in [1.29, 1.82) is 0 Å². The molecule has 144 heavy (non-hydrogen) atoms. The Morgan fingerprint density at radius 1 is 0.431 bits per heavy atom. The number of fused-ring (bicyclic) bond motifs is 2. The molecular weight excluding hydrogens is 1830 g/mol. The van der Waals surface area contributed by atoms with Gasteiger partial charge >= 0.3 is 77.6 Å². The van der Waals surface area contributed by atoms with Crippen molar-refractivity contribution in [2.75, 3.05) is 6.61 Å². The van der Waals surface area contributed by atoms with E-state index in [1.165, 1.54) is 96.3 Å². The summed E-state index contributed by atoms with van der Waals surface area (Å²) in [5.74, 6) is 6.68. The van der Waals surface area contributed by atoms with Crippen LogP contribution >= 0.6 is 0 Å². The van der Waals surface area contributed by atoms with Crippen molar-refractivity contribution < 1.29 is 124 Å². The molecule has 19 fully saturated rings. The standard InChI is InChI=1S/C21H34O4.C18H30O3.C17H28O2.C16H26O2.C14H24O4.2C13H22O4.C6H8O3/c1-6-19(2,3)18(23)24-13-17(22)25-20(4,5)21-10-14-7-15(11-21)9-16(8-14)12-21;1-10-11(2)14-8-12(10)9-15(14)16(19)13-6-5-7-18(3,4)21-17(13)20;1-5-16(2,3)15(18)19-17(4)13-7-11-6-12(9-13)10-14(17)8-11;1-4-15(2,3)14(17)18-16-8-11-5-12(9-16)7-13(6-11)10-16;1-6-13(2,3)12(16)17-10-8-7-9-14(4,5)18-11(10)15;1-6-12(3,4)11(15)16-9-8-13(5,7-2)17-10(9)14;1-5-9(2)12(15)16-10-7-6-8-11(14)17-13(10,3)4;1-3-4(2)6(8)9-5(3)7/h14-16H,6-13H2,1-5H3;10-16,19H,5-9H2,1-4H3;11-14H,5-10H2,1-4H3;11-13H,4-10H2,1-3H3;10H,6-9H2,1-5H3;9H,6-8H2,1-5H3;9-10H,5-8H2,1-4H3;3-4H,1-2H3. The molecule has 14 atom stereocenters. The van der Waals surface area contributed by atoms with Crippen LogP contribution in [0.2, 0.25) is 0 Å². The molecule has 14 aliphatic carbocycles. The second-order valence-corrected chi connectivity index (χ2v) is 53.6. The van der Waals surface area contributed by atoms with Gasteiger partial charge in [0.15, 0.2) is 12.7 Å². The molecule has 0 aromatic heterocycles. The Morgan fingerprint density at radius 3 is 1.27 bits per heavy atom. The fourth-order valence-electron chi connectivity index (χ4n) is 26.2. The number of rotatable bonds is 24. The Balaban J connectivity index is 0.000000185. The third-order valence-electron chi connectivity index (χ3n) is 38.6. The normalized spacial score (nSPS) is 35.5. The third-order valence-corrected chi connectivity index (χ3v) is 38.6. The van der Waals surface area contributed by atoms with Crippen LogP contribution < -0.4 is 0 Å². The first kappa shape index (κ1) is 121. The van der Waals surface area contributed by atoms with Crippen LogP contribution in [0.25, 0.3) is 0 Å². The summed E-state index contributed by atoms with van der Waals surface area (Å²) in [5.41, 5.74) is -4.98. The number of aliphatic hydroxyl groups excluding tert-OH is 1. The highest BCUT2D eigenvalue weighted by Crippen LogP contribution is 2.66. The van der Waals surface area contributed by atoms with Crippen LogP contribution in [0, 0.1) is 145 Å². The molecule has 14 unspecified atom stereocenters. The summed E-state index contributed by atoms with van der Waals surface area (Å²) in [5, 5.41) is 10.9. The van der Waals surface area contributed by atoms with Crippen molar-refractivity contribution >= 4 is 77.6 Å². The SMILES string of the molecule is CC1C(=O)OC(=O)C1C.CC1C2CC(C1C)C(C(O)C1CCCC(C)(C)OC1=O)C2.CCC(C)(C)C(=O)OC1(C)C2CC3CC(C2)CC1C3.CCC(C)(C)C(=O)OC12CC3CC(CC(C3)C1)C2.CCC(C)(C)C(=O)OC1CCCC(C)(C)OC1=O.CCC(C)(C)C(=O)OCC(=O)OC(C)(C)C12CC3CC(CC(C3)C1)C2.CCC(C)C(=O)OC1CCCC(=O)OC1(C)C.CCC1(C)CC(OC(=O)C(C)(C)CC)C(=O)O1. The first-order valence-corrected chi connectivity index (χ1v) is 56.4. The van der Waals surface area contributed by atoms with Crippen molar-refractivity contribution in [3.05, 3.63) is 0 Å². The minimum absolute atomic E-state index is 0.0185. The second kappa shape index (κ2) is 47.9. The van der Waals surface area contributed by atoms with Crippen molar-refractivity contribution in [2.45, 2.75) is 516 Å². The van der Waals surface area contributed by atoms with Gasteiger partial charge in [0, 0.05) is 18.3 Å². The average molecular weight is 2030 g/mol. The fraction of sp³-hybridized carbons (Fsp3) is 0.890. The number of cyclic esters (lactones) is 6. The molecular formula is C118H194O26. The van der Waals surface area contributed by atoms with Gasteiger partial charge in [0.2, 0.25) is 6.10 Å². The number of hydrogen-bond acceptors (Lipinski definition) is 26. The second-order valence-electron chi connectivity index (χ2n) is 53.6. The molecule has 5 heterocycles. The molecule has 1 N–H and O–H groups in total. The van der Waals surface area contributed by atoms with Gasteiger partial charge in [-0.05, 0) is 446 Å². The molecule has 0 amide bonds. The van der Waals surface area contributed by atoms with E-state index in [2.05, 4.69) is 53.2 Å². The average Bonchev–Trinajstić information content (AvgIpc) is 0.843. The molecule has 5 aliphatic heterocycles. The molecule has 14 bridgehead atoms. The Labute approximate surface area is 865 Å². The molecule has 5 saturated heterocycles. The van der Waals surface area contributed by atoms with E-state index in [4.69, 9.17) is 52.1 Å². The first-order valence-electron chi connectivity index (χ1n) is 56.4. The summed E-state index contributed by atoms with van der Waals surface area (Å²) in [4.78, 5) is 153. The van der Waals surface area contributed by atoms with Crippen LogP contribution in [0.1, 0.15) is 453 Å². The largest absolute Gasteiger partial charge is 0.459 e. The van der Waals surface area contributed by atoms with Crippen molar-refractivity contribution in [1.82, 2.24) is 0 Å². The molecule has 822 valence electrons. The number of aliphatic hydroxyl groups is 1. The van der Waals surface area contributed by atoms with E-state index in [1.807, 2.05) is 145 Å². The van der Waals surface area contributed by atoms with Crippen LogP contribution in [0.3, 0.4) is 0 Å². The quantitative estimate of drug-likeness (QED) is 0.0533. The number of carbonyl (C=O) groups excluding carboxylic acids is 13. The van der Waals surface area contributed by atoms with E-state index in [-0.39, 0.29) is 117 Å². The Bertz CT molecular complexity index is 4320. The van der Waals surface area contributed by atoms with Gasteiger partial charge in [-0.25, -0.2) is 14.4 Å². The number of hydrogen-bond donors (Lipinski definition) is 1. The lowest BCUT2D eigenvalue weighted by Gasteiger charge is -2.61.